The summed E-state index contributed by atoms with van der Waals surface area (Å²) >= 11 is 3.26. The molecule has 1 heterocycles. The molecule has 0 aliphatic carbocycles. The smallest absolute Gasteiger partial charge is 0.139 e. The van der Waals surface area contributed by atoms with Crippen molar-refractivity contribution in [1.29, 1.82) is 0 Å². The zero-order valence-corrected chi connectivity index (χ0v) is 14.3. The fourth-order valence-corrected chi connectivity index (χ4v) is 3.46. The summed E-state index contributed by atoms with van der Waals surface area (Å²) in [7, 11) is 0. The second-order valence-electron chi connectivity index (χ2n) is 5.90. The number of benzene rings is 1. The third-order valence-corrected chi connectivity index (χ3v) is 5.29. The molecule has 0 radical (unpaired) electrons. The van der Waals surface area contributed by atoms with E-state index in [0.717, 1.165) is 37.2 Å². The van der Waals surface area contributed by atoms with Crippen LogP contribution in [0.3, 0.4) is 0 Å². The maximum Gasteiger partial charge on any atom is 0.139 e. The van der Waals surface area contributed by atoms with Crippen LogP contribution in [0.4, 0.5) is 10.1 Å². The van der Waals surface area contributed by atoms with Gasteiger partial charge >= 0.3 is 0 Å². The molecule has 1 aliphatic heterocycles. The minimum Gasteiger partial charge on any atom is -0.365 e. The van der Waals surface area contributed by atoms with Gasteiger partial charge in [-0.05, 0) is 60.3 Å². The first kappa shape index (κ1) is 15.8. The van der Waals surface area contributed by atoms with Crippen LogP contribution in [0.5, 0.6) is 0 Å². The largest absolute Gasteiger partial charge is 0.365 e. The van der Waals surface area contributed by atoms with Gasteiger partial charge in [0, 0.05) is 30.4 Å². The van der Waals surface area contributed by atoms with E-state index in [1.54, 1.807) is 6.07 Å². The average Bonchev–Trinajstić information content (AvgIpc) is 2.44. The Hall–Kier alpha value is -0.610. The first-order chi connectivity index (χ1) is 9.42. The molecule has 1 atom stereocenters. The molecule has 4 heteroatoms. The molecule has 1 unspecified atom stereocenters. The summed E-state index contributed by atoms with van der Waals surface area (Å²) in [5.41, 5.74) is 2.28. The van der Waals surface area contributed by atoms with Crippen molar-refractivity contribution in [2.45, 2.75) is 52.1 Å². The van der Waals surface area contributed by atoms with Crippen LogP contribution in [-0.2, 0) is 0 Å². The quantitative estimate of drug-likeness (QED) is 0.883. The van der Waals surface area contributed by atoms with Crippen molar-refractivity contribution in [3.63, 3.8) is 0 Å². The lowest BCUT2D eigenvalue weighted by Gasteiger charge is -2.48. The van der Waals surface area contributed by atoms with Crippen molar-refractivity contribution in [2.24, 2.45) is 0 Å². The number of nitrogens with zero attached hydrogens (tertiary/aromatic N) is 1. The van der Waals surface area contributed by atoms with E-state index < -0.39 is 0 Å². The summed E-state index contributed by atoms with van der Waals surface area (Å²) in [6, 6.07) is 3.91. The minimum absolute atomic E-state index is 0.141. The van der Waals surface area contributed by atoms with Crippen molar-refractivity contribution >= 4 is 21.6 Å². The van der Waals surface area contributed by atoms with Gasteiger partial charge in [0.25, 0.3) is 0 Å². The van der Waals surface area contributed by atoms with Gasteiger partial charge in [-0.2, -0.15) is 0 Å². The molecule has 1 aromatic carbocycles. The third kappa shape index (κ3) is 2.86. The van der Waals surface area contributed by atoms with Gasteiger partial charge in [0.15, 0.2) is 0 Å². The lowest BCUT2D eigenvalue weighted by Crippen LogP contribution is -2.63. The van der Waals surface area contributed by atoms with Gasteiger partial charge in [-0.25, -0.2) is 4.39 Å². The third-order valence-electron chi connectivity index (χ3n) is 4.68. The normalized spacial score (nSPS) is 22.1. The van der Waals surface area contributed by atoms with Crippen LogP contribution in [-0.4, -0.2) is 24.7 Å². The van der Waals surface area contributed by atoms with E-state index in [4.69, 9.17) is 0 Å². The van der Waals surface area contributed by atoms with Gasteiger partial charge in [-0.3, -0.25) is 0 Å². The summed E-state index contributed by atoms with van der Waals surface area (Å²) in [5, 5.41) is 3.68. The molecule has 1 aliphatic rings. The topological polar surface area (TPSA) is 15.3 Å². The highest BCUT2D eigenvalue weighted by Gasteiger charge is 2.35. The number of anilines is 1. The van der Waals surface area contributed by atoms with E-state index in [-0.39, 0.29) is 11.4 Å². The maximum atomic E-state index is 13.9. The molecule has 20 heavy (non-hydrogen) atoms. The van der Waals surface area contributed by atoms with Crippen molar-refractivity contribution in [3.05, 3.63) is 28.0 Å². The van der Waals surface area contributed by atoms with Crippen molar-refractivity contribution in [3.8, 4) is 0 Å². The molecular formula is C16H24BrFN2. The Balaban J connectivity index is 2.37. The molecule has 1 fully saturated rings. The summed E-state index contributed by atoms with van der Waals surface area (Å²) in [6.07, 6.45) is 2.18. The van der Waals surface area contributed by atoms with Gasteiger partial charge in [-0.15, -0.1) is 0 Å². The fourth-order valence-electron chi connectivity index (χ4n) is 3.00. The molecule has 0 bridgehead atoms. The zero-order chi connectivity index (χ0) is 14.9. The Labute approximate surface area is 129 Å². The predicted molar refractivity (Wildman–Crippen MR) is 87.0 cm³/mol. The molecule has 1 saturated heterocycles. The molecule has 1 aromatic rings. The lowest BCUT2D eigenvalue weighted by molar-refractivity contribution is 0.253. The van der Waals surface area contributed by atoms with Crippen LogP contribution in [0.15, 0.2) is 16.6 Å². The molecule has 0 spiro atoms. The summed E-state index contributed by atoms with van der Waals surface area (Å²) < 4.78 is 14.4. The van der Waals surface area contributed by atoms with E-state index in [9.17, 15) is 4.39 Å². The van der Waals surface area contributed by atoms with Crippen molar-refractivity contribution < 1.29 is 4.39 Å². The molecule has 0 saturated carbocycles. The SMILES string of the molecule is CCC1(CC)CN(c2cc(F)c(Br)cc2C)C(C)CN1. The first-order valence-electron chi connectivity index (χ1n) is 7.39. The van der Waals surface area contributed by atoms with E-state index in [1.165, 1.54) is 0 Å². The van der Waals surface area contributed by atoms with Crippen molar-refractivity contribution in [1.82, 2.24) is 5.32 Å². The van der Waals surface area contributed by atoms with Gasteiger partial charge in [0.2, 0.25) is 0 Å². The second kappa shape index (κ2) is 6.02. The number of aryl methyl sites for hydroxylation is 1. The molecule has 0 aromatic heterocycles. The number of piperazine rings is 1. The molecule has 112 valence electrons. The van der Waals surface area contributed by atoms with Gasteiger partial charge in [0.05, 0.1) is 4.47 Å². The van der Waals surface area contributed by atoms with E-state index >= 15 is 0 Å². The van der Waals surface area contributed by atoms with E-state index in [2.05, 4.69) is 46.9 Å². The lowest BCUT2D eigenvalue weighted by atomic mass is 9.88. The van der Waals surface area contributed by atoms with Crippen LogP contribution >= 0.6 is 15.9 Å². The highest BCUT2D eigenvalue weighted by molar-refractivity contribution is 9.10. The average molecular weight is 343 g/mol. The summed E-state index contributed by atoms with van der Waals surface area (Å²) in [4.78, 5) is 2.36. The Morgan fingerprint density at radius 3 is 2.65 bits per heavy atom. The van der Waals surface area contributed by atoms with Gasteiger partial charge in [0.1, 0.15) is 5.82 Å². The second-order valence-corrected chi connectivity index (χ2v) is 6.75. The Morgan fingerprint density at radius 2 is 2.05 bits per heavy atom. The van der Waals surface area contributed by atoms with Crippen LogP contribution in [0.1, 0.15) is 39.2 Å². The fraction of sp³-hybridized carbons (Fsp3) is 0.625. The van der Waals surface area contributed by atoms with Crippen LogP contribution < -0.4 is 10.2 Å². The minimum atomic E-state index is -0.185. The van der Waals surface area contributed by atoms with Crippen molar-refractivity contribution in [2.75, 3.05) is 18.0 Å². The zero-order valence-electron chi connectivity index (χ0n) is 12.8. The highest BCUT2D eigenvalue weighted by Crippen LogP contribution is 2.32. The van der Waals surface area contributed by atoms with Gasteiger partial charge in [-0.1, -0.05) is 13.8 Å². The monoisotopic (exact) mass is 342 g/mol. The molecular weight excluding hydrogens is 319 g/mol. The molecule has 2 rings (SSSR count). The standard InChI is InChI=1S/C16H24BrFN2/c1-5-16(6-2)10-20(12(4)9-19-16)15-8-14(18)13(17)7-11(15)3/h7-8,12,19H,5-6,9-10H2,1-4H3. The number of nitrogens with one attached hydrogen (secondary N) is 1. The number of hydrogen-bond donors (Lipinski definition) is 1. The highest BCUT2D eigenvalue weighted by atomic mass is 79.9. The number of hydrogen-bond acceptors (Lipinski definition) is 2. The summed E-state index contributed by atoms with van der Waals surface area (Å²) in [5.74, 6) is -0.185. The molecule has 1 N–H and O–H groups in total. The van der Waals surface area contributed by atoms with Gasteiger partial charge < -0.3 is 10.2 Å². The Morgan fingerprint density at radius 1 is 1.40 bits per heavy atom. The number of halogens is 2. The van der Waals surface area contributed by atoms with Crippen LogP contribution in [0.25, 0.3) is 0 Å². The summed E-state index contributed by atoms with van der Waals surface area (Å²) in [6.45, 7) is 10.6. The molecule has 0 amide bonds. The first-order valence-corrected chi connectivity index (χ1v) is 8.19. The Kier molecular flexibility index (Phi) is 4.75. The van der Waals surface area contributed by atoms with E-state index in [0.29, 0.717) is 10.5 Å². The Bertz CT molecular complexity index is 486. The van der Waals surface area contributed by atoms with Crippen LogP contribution in [0.2, 0.25) is 0 Å². The van der Waals surface area contributed by atoms with Crippen LogP contribution in [0, 0.1) is 12.7 Å². The molecule has 2 nitrogen and oxygen atoms in total. The van der Waals surface area contributed by atoms with E-state index in [1.807, 2.05) is 13.0 Å². The number of rotatable bonds is 3. The maximum absolute atomic E-state index is 13.9. The predicted octanol–water partition coefficient (Wildman–Crippen LogP) is 4.25.